The monoisotopic (exact) mass is 353 g/mol. The van der Waals surface area contributed by atoms with Crippen molar-refractivity contribution in [2.75, 3.05) is 23.3 Å². The minimum Gasteiger partial charge on any atom is -0.372 e. The first-order valence-corrected chi connectivity index (χ1v) is 9.40. The van der Waals surface area contributed by atoms with Gasteiger partial charge in [0.25, 0.3) is 5.91 Å². The number of amides is 1. The molecule has 6 nitrogen and oxygen atoms in total. The van der Waals surface area contributed by atoms with Crippen molar-refractivity contribution in [3.05, 3.63) is 42.2 Å². The number of aromatic nitrogens is 2. The molecule has 0 radical (unpaired) electrons. The van der Waals surface area contributed by atoms with Crippen LogP contribution in [0.1, 0.15) is 49.9 Å². The van der Waals surface area contributed by atoms with Crippen LogP contribution in [0.4, 0.5) is 17.3 Å². The lowest BCUT2D eigenvalue weighted by molar-refractivity contribution is 0.0938. The second-order valence-corrected chi connectivity index (χ2v) is 6.80. The van der Waals surface area contributed by atoms with E-state index in [-0.39, 0.29) is 11.9 Å². The fourth-order valence-corrected chi connectivity index (χ4v) is 2.96. The highest BCUT2D eigenvalue weighted by atomic mass is 16.1. The number of piperidine rings is 1. The highest BCUT2D eigenvalue weighted by Crippen LogP contribution is 2.22. The summed E-state index contributed by atoms with van der Waals surface area (Å²) in [5, 5.41) is 6.09. The largest absolute Gasteiger partial charge is 0.372 e. The number of carbonyl (C=O) groups is 1. The van der Waals surface area contributed by atoms with Crippen molar-refractivity contribution in [2.24, 2.45) is 0 Å². The van der Waals surface area contributed by atoms with Crippen LogP contribution in [0.3, 0.4) is 0 Å². The van der Waals surface area contributed by atoms with Crippen LogP contribution in [0.25, 0.3) is 0 Å². The SMILES string of the molecule is CCC(C)NC(=O)c1cnc(Nc2ccc(N3CCCCC3)cc2)nc1. The Morgan fingerprint density at radius 3 is 2.38 bits per heavy atom. The van der Waals surface area contributed by atoms with E-state index in [1.54, 1.807) is 12.4 Å². The highest BCUT2D eigenvalue weighted by Gasteiger charge is 2.11. The summed E-state index contributed by atoms with van der Waals surface area (Å²) >= 11 is 0. The molecule has 2 N–H and O–H groups in total. The van der Waals surface area contributed by atoms with Gasteiger partial charge in [-0.25, -0.2) is 9.97 Å². The Bertz CT molecular complexity index is 708. The fraction of sp³-hybridized carbons (Fsp3) is 0.450. The Balaban J connectivity index is 1.59. The predicted octanol–water partition coefficient (Wildman–Crippen LogP) is 3.74. The van der Waals surface area contributed by atoms with Crippen molar-refractivity contribution >= 4 is 23.2 Å². The van der Waals surface area contributed by atoms with Crippen LogP contribution in [-0.2, 0) is 0 Å². The van der Waals surface area contributed by atoms with Gasteiger partial charge in [-0.3, -0.25) is 4.79 Å². The molecule has 6 heteroatoms. The summed E-state index contributed by atoms with van der Waals surface area (Å²) in [4.78, 5) is 23.0. The van der Waals surface area contributed by atoms with E-state index in [0.717, 1.165) is 25.2 Å². The van der Waals surface area contributed by atoms with Gasteiger partial charge in [-0.15, -0.1) is 0 Å². The lowest BCUT2D eigenvalue weighted by atomic mass is 10.1. The van der Waals surface area contributed by atoms with E-state index in [1.807, 2.05) is 26.0 Å². The van der Waals surface area contributed by atoms with Crippen LogP contribution < -0.4 is 15.5 Å². The van der Waals surface area contributed by atoms with Crippen LogP contribution in [-0.4, -0.2) is 35.0 Å². The number of nitrogens with zero attached hydrogens (tertiary/aromatic N) is 3. The van der Waals surface area contributed by atoms with Crippen molar-refractivity contribution in [2.45, 2.75) is 45.6 Å². The molecule has 1 aromatic heterocycles. The van der Waals surface area contributed by atoms with Gasteiger partial charge < -0.3 is 15.5 Å². The van der Waals surface area contributed by atoms with E-state index in [9.17, 15) is 4.79 Å². The first-order valence-electron chi connectivity index (χ1n) is 9.40. The average molecular weight is 353 g/mol. The van der Waals surface area contributed by atoms with Crippen molar-refractivity contribution in [3.63, 3.8) is 0 Å². The minimum atomic E-state index is -0.142. The molecule has 2 aromatic rings. The molecule has 26 heavy (non-hydrogen) atoms. The molecule has 1 saturated heterocycles. The number of anilines is 3. The summed E-state index contributed by atoms with van der Waals surface area (Å²) in [7, 11) is 0. The maximum absolute atomic E-state index is 12.1. The zero-order chi connectivity index (χ0) is 18.4. The van der Waals surface area contributed by atoms with Gasteiger partial charge in [0.2, 0.25) is 5.95 Å². The molecule has 1 aromatic carbocycles. The number of benzene rings is 1. The molecule has 1 fully saturated rings. The Morgan fingerprint density at radius 2 is 1.77 bits per heavy atom. The van der Waals surface area contributed by atoms with Gasteiger partial charge in [-0.1, -0.05) is 6.92 Å². The van der Waals surface area contributed by atoms with Gasteiger partial charge in [0.05, 0.1) is 5.56 Å². The lowest BCUT2D eigenvalue weighted by Crippen LogP contribution is -2.32. The van der Waals surface area contributed by atoms with Crippen molar-refractivity contribution in [1.29, 1.82) is 0 Å². The Labute approximate surface area is 155 Å². The van der Waals surface area contributed by atoms with E-state index in [0.29, 0.717) is 11.5 Å². The van der Waals surface area contributed by atoms with E-state index in [1.165, 1.54) is 24.9 Å². The number of carbonyl (C=O) groups excluding carboxylic acids is 1. The topological polar surface area (TPSA) is 70.2 Å². The Morgan fingerprint density at radius 1 is 1.12 bits per heavy atom. The summed E-state index contributed by atoms with van der Waals surface area (Å²) in [6, 6.07) is 8.47. The first kappa shape index (κ1) is 18.2. The minimum absolute atomic E-state index is 0.138. The molecule has 0 bridgehead atoms. The van der Waals surface area contributed by atoms with Crippen LogP contribution >= 0.6 is 0 Å². The zero-order valence-electron chi connectivity index (χ0n) is 15.5. The Hall–Kier alpha value is -2.63. The van der Waals surface area contributed by atoms with Gasteiger partial charge in [0.15, 0.2) is 0 Å². The van der Waals surface area contributed by atoms with Crippen molar-refractivity contribution < 1.29 is 4.79 Å². The van der Waals surface area contributed by atoms with Crippen LogP contribution in [0.15, 0.2) is 36.7 Å². The molecule has 0 spiro atoms. The van der Waals surface area contributed by atoms with Gasteiger partial charge in [-0.2, -0.15) is 0 Å². The molecule has 0 saturated carbocycles. The molecule has 1 aliphatic rings. The van der Waals surface area contributed by atoms with Gasteiger partial charge in [-0.05, 0) is 56.9 Å². The molecular weight excluding hydrogens is 326 g/mol. The van der Waals surface area contributed by atoms with Crippen molar-refractivity contribution in [3.8, 4) is 0 Å². The van der Waals surface area contributed by atoms with Crippen molar-refractivity contribution in [1.82, 2.24) is 15.3 Å². The fourth-order valence-electron chi connectivity index (χ4n) is 2.96. The van der Waals surface area contributed by atoms with Gasteiger partial charge >= 0.3 is 0 Å². The first-order chi connectivity index (χ1) is 12.7. The smallest absolute Gasteiger partial charge is 0.254 e. The van der Waals surface area contributed by atoms with E-state index < -0.39 is 0 Å². The molecule has 1 atom stereocenters. The molecule has 3 rings (SSSR count). The van der Waals surface area contributed by atoms with E-state index in [2.05, 4.69) is 37.6 Å². The summed E-state index contributed by atoms with van der Waals surface area (Å²) in [6.07, 6.45) is 7.86. The average Bonchev–Trinajstić information content (AvgIpc) is 2.69. The van der Waals surface area contributed by atoms with Gasteiger partial charge in [0.1, 0.15) is 0 Å². The lowest BCUT2D eigenvalue weighted by Gasteiger charge is -2.28. The van der Waals surface area contributed by atoms with Crippen LogP contribution in [0.5, 0.6) is 0 Å². The van der Waals surface area contributed by atoms with Gasteiger partial charge in [0, 0.05) is 42.9 Å². The maximum atomic E-state index is 12.1. The Kier molecular flexibility index (Phi) is 6.04. The summed E-state index contributed by atoms with van der Waals surface area (Å²) in [6.45, 7) is 6.28. The molecule has 1 amide bonds. The molecule has 0 aliphatic carbocycles. The standard InChI is InChI=1S/C20H27N5O/c1-3-15(2)23-19(26)16-13-21-20(22-14-16)24-17-7-9-18(10-8-17)25-11-5-4-6-12-25/h7-10,13-15H,3-6,11-12H2,1-2H3,(H,23,26)(H,21,22,24). The summed E-state index contributed by atoms with van der Waals surface area (Å²) in [5.41, 5.74) is 2.66. The van der Waals surface area contributed by atoms with E-state index >= 15 is 0 Å². The second-order valence-electron chi connectivity index (χ2n) is 6.80. The molecule has 1 unspecified atom stereocenters. The second kappa shape index (κ2) is 8.65. The highest BCUT2D eigenvalue weighted by molar-refractivity contribution is 5.93. The maximum Gasteiger partial charge on any atom is 0.254 e. The van der Waals surface area contributed by atoms with E-state index in [4.69, 9.17) is 0 Å². The summed E-state index contributed by atoms with van der Waals surface area (Å²) < 4.78 is 0. The number of rotatable bonds is 6. The van der Waals surface area contributed by atoms with Crippen LogP contribution in [0, 0.1) is 0 Å². The number of hydrogen-bond acceptors (Lipinski definition) is 5. The molecular formula is C20H27N5O. The third-order valence-corrected chi connectivity index (χ3v) is 4.75. The molecule has 2 heterocycles. The summed E-state index contributed by atoms with van der Waals surface area (Å²) in [5.74, 6) is 0.340. The van der Waals surface area contributed by atoms with Crippen LogP contribution in [0.2, 0.25) is 0 Å². The number of nitrogens with one attached hydrogen (secondary N) is 2. The third-order valence-electron chi connectivity index (χ3n) is 4.75. The predicted molar refractivity (Wildman–Crippen MR) is 105 cm³/mol. The number of hydrogen-bond donors (Lipinski definition) is 2. The molecule has 1 aliphatic heterocycles. The quantitative estimate of drug-likeness (QED) is 0.828. The third kappa shape index (κ3) is 4.71. The molecule has 138 valence electrons. The zero-order valence-corrected chi connectivity index (χ0v) is 15.5. The normalized spacial score (nSPS) is 15.4.